The number of halogens is 2. The second-order valence-corrected chi connectivity index (χ2v) is 7.19. The molecule has 6 heteroatoms. The first kappa shape index (κ1) is 20.3. The van der Waals surface area contributed by atoms with Gasteiger partial charge >= 0.3 is 0 Å². The van der Waals surface area contributed by atoms with E-state index in [0.717, 1.165) is 16.7 Å². The summed E-state index contributed by atoms with van der Waals surface area (Å²) in [6.45, 7) is 5.33. The van der Waals surface area contributed by atoms with Crippen molar-refractivity contribution >= 4 is 23.2 Å². The Bertz CT molecular complexity index is 746. The molecule has 2 aromatic rings. The summed E-state index contributed by atoms with van der Waals surface area (Å²) >= 11 is 11.8. The first-order valence-corrected chi connectivity index (χ1v) is 9.37. The number of methoxy groups -OCH3 is 1. The van der Waals surface area contributed by atoms with Crippen LogP contribution >= 0.6 is 23.2 Å². The molecular weight excluding hydrogens is 387 g/mol. The van der Waals surface area contributed by atoms with Crippen molar-refractivity contribution in [1.29, 1.82) is 0 Å². The van der Waals surface area contributed by atoms with Gasteiger partial charge in [0.2, 0.25) is 0 Å². The fourth-order valence-corrected chi connectivity index (χ4v) is 3.13. The predicted molar refractivity (Wildman–Crippen MR) is 106 cm³/mol. The SMILES string of the molecule is C=C1[C@@H](OC)O[C@H](COCc2ccc(Cl)cc2)[C@H]1OCc1ccc(Cl)cc1. The third-order valence-electron chi connectivity index (χ3n) is 4.33. The summed E-state index contributed by atoms with van der Waals surface area (Å²) in [4.78, 5) is 0. The summed E-state index contributed by atoms with van der Waals surface area (Å²) in [5.74, 6) is 0. The van der Waals surface area contributed by atoms with Crippen LogP contribution in [0.3, 0.4) is 0 Å². The number of ether oxygens (including phenoxy) is 4. The van der Waals surface area contributed by atoms with Crippen LogP contribution in [0.15, 0.2) is 60.7 Å². The highest BCUT2D eigenvalue weighted by molar-refractivity contribution is 6.30. The Balaban J connectivity index is 1.56. The summed E-state index contributed by atoms with van der Waals surface area (Å²) in [5, 5.41) is 1.40. The quantitative estimate of drug-likeness (QED) is 0.574. The van der Waals surface area contributed by atoms with Crippen molar-refractivity contribution < 1.29 is 18.9 Å². The molecule has 0 radical (unpaired) electrons. The van der Waals surface area contributed by atoms with Crippen LogP contribution in [0.1, 0.15) is 11.1 Å². The minimum absolute atomic E-state index is 0.290. The first-order valence-electron chi connectivity index (χ1n) is 8.62. The van der Waals surface area contributed by atoms with Gasteiger partial charge in [-0.1, -0.05) is 54.0 Å². The van der Waals surface area contributed by atoms with E-state index in [1.165, 1.54) is 0 Å². The van der Waals surface area contributed by atoms with Gasteiger partial charge in [0, 0.05) is 22.7 Å². The lowest BCUT2D eigenvalue weighted by Gasteiger charge is -2.19. The lowest BCUT2D eigenvalue weighted by molar-refractivity contribution is -0.133. The van der Waals surface area contributed by atoms with E-state index in [2.05, 4.69) is 6.58 Å². The van der Waals surface area contributed by atoms with Gasteiger partial charge in [0.1, 0.15) is 12.2 Å². The van der Waals surface area contributed by atoms with Gasteiger partial charge < -0.3 is 18.9 Å². The molecule has 0 amide bonds. The summed E-state index contributed by atoms with van der Waals surface area (Å²) in [6.07, 6.45) is -1.10. The lowest BCUT2D eigenvalue weighted by Crippen LogP contribution is -2.30. The molecule has 1 heterocycles. The van der Waals surface area contributed by atoms with E-state index in [4.69, 9.17) is 42.1 Å². The van der Waals surface area contributed by atoms with E-state index >= 15 is 0 Å². The van der Waals surface area contributed by atoms with Crippen molar-refractivity contribution in [3.8, 4) is 0 Å². The van der Waals surface area contributed by atoms with Crippen molar-refractivity contribution in [2.24, 2.45) is 0 Å². The van der Waals surface area contributed by atoms with Crippen LogP contribution in [0.2, 0.25) is 10.0 Å². The highest BCUT2D eigenvalue weighted by atomic mass is 35.5. The normalized spacial score (nSPS) is 22.3. The zero-order chi connectivity index (χ0) is 19.2. The minimum atomic E-state index is -0.496. The molecule has 0 unspecified atom stereocenters. The van der Waals surface area contributed by atoms with Crippen LogP contribution in [0.4, 0.5) is 0 Å². The number of benzene rings is 2. The molecule has 0 N–H and O–H groups in total. The van der Waals surface area contributed by atoms with Crippen molar-refractivity contribution in [2.75, 3.05) is 13.7 Å². The van der Waals surface area contributed by atoms with E-state index in [0.29, 0.717) is 29.9 Å². The Labute approximate surface area is 169 Å². The zero-order valence-electron chi connectivity index (χ0n) is 15.1. The molecule has 0 spiro atoms. The molecule has 1 aliphatic rings. The van der Waals surface area contributed by atoms with Gasteiger partial charge in [0.15, 0.2) is 6.29 Å². The van der Waals surface area contributed by atoms with Gasteiger partial charge in [-0.05, 0) is 35.4 Å². The summed E-state index contributed by atoms with van der Waals surface area (Å²) in [6, 6.07) is 15.1. The summed E-state index contributed by atoms with van der Waals surface area (Å²) in [5.41, 5.74) is 2.82. The maximum absolute atomic E-state index is 6.06. The van der Waals surface area contributed by atoms with Gasteiger partial charge in [-0.3, -0.25) is 0 Å². The van der Waals surface area contributed by atoms with Gasteiger partial charge in [0.05, 0.1) is 19.8 Å². The van der Waals surface area contributed by atoms with Crippen LogP contribution in [-0.4, -0.2) is 32.2 Å². The molecule has 0 aromatic heterocycles. The van der Waals surface area contributed by atoms with E-state index in [1.807, 2.05) is 48.5 Å². The van der Waals surface area contributed by atoms with Crippen molar-refractivity contribution in [3.05, 3.63) is 81.9 Å². The molecule has 0 saturated carbocycles. The van der Waals surface area contributed by atoms with Crippen molar-refractivity contribution in [1.82, 2.24) is 0 Å². The molecule has 1 fully saturated rings. The molecule has 4 nitrogen and oxygen atoms in total. The highest BCUT2D eigenvalue weighted by Gasteiger charge is 2.40. The van der Waals surface area contributed by atoms with Crippen LogP contribution in [0.25, 0.3) is 0 Å². The number of hydrogen-bond donors (Lipinski definition) is 0. The van der Waals surface area contributed by atoms with E-state index in [1.54, 1.807) is 7.11 Å². The van der Waals surface area contributed by atoms with Crippen molar-refractivity contribution in [2.45, 2.75) is 31.7 Å². The van der Waals surface area contributed by atoms with E-state index < -0.39 is 6.29 Å². The fraction of sp³-hybridized carbons (Fsp3) is 0.333. The first-order chi connectivity index (χ1) is 13.1. The van der Waals surface area contributed by atoms with Crippen molar-refractivity contribution in [3.63, 3.8) is 0 Å². The standard InChI is InChI=1S/C21H22Cl2O4/c1-14-20(26-12-16-5-9-18(23)10-6-16)19(27-21(14)24-2)13-25-11-15-3-7-17(22)8-4-15/h3-10,19-21H,1,11-13H2,2H3/t19-,20+,21+/m1/s1. The van der Waals surface area contributed by atoms with Gasteiger partial charge in [-0.15, -0.1) is 0 Å². The largest absolute Gasteiger partial charge is 0.374 e. The molecule has 1 saturated heterocycles. The average molecular weight is 409 g/mol. The number of rotatable bonds is 8. The number of hydrogen-bond acceptors (Lipinski definition) is 4. The second-order valence-electron chi connectivity index (χ2n) is 6.32. The molecule has 0 aliphatic carbocycles. The van der Waals surface area contributed by atoms with Crippen LogP contribution in [0, 0.1) is 0 Å². The van der Waals surface area contributed by atoms with Gasteiger partial charge in [-0.25, -0.2) is 0 Å². The van der Waals surface area contributed by atoms with Gasteiger partial charge in [0.25, 0.3) is 0 Å². The molecular formula is C21H22Cl2O4. The molecule has 27 heavy (non-hydrogen) atoms. The Morgan fingerprint density at radius 3 is 2.04 bits per heavy atom. The minimum Gasteiger partial charge on any atom is -0.374 e. The third-order valence-corrected chi connectivity index (χ3v) is 4.83. The molecule has 1 aliphatic heterocycles. The maximum atomic E-state index is 6.06. The van der Waals surface area contributed by atoms with Crippen LogP contribution in [0.5, 0.6) is 0 Å². The average Bonchev–Trinajstić information content (AvgIpc) is 2.98. The van der Waals surface area contributed by atoms with Gasteiger partial charge in [-0.2, -0.15) is 0 Å². The van der Waals surface area contributed by atoms with E-state index in [-0.39, 0.29) is 12.2 Å². The molecule has 144 valence electrons. The summed E-state index contributed by atoms with van der Waals surface area (Å²) < 4.78 is 23.1. The Morgan fingerprint density at radius 1 is 0.926 bits per heavy atom. The topological polar surface area (TPSA) is 36.9 Å². The summed E-state index contributed by atoms with van der Waals surface area (Å²) in [7, 11) is 1.59. The highest BCUT2D eigenvalue weighted by Crippen LogP contribution is 2.29. The second kappa shape index (κ2) is 9.69. The molecule has 3 atom stereocenters. The Kier molecular flexibility index (Phi) is 7.30. The van der Waals surface area contributed by atoms with Crippen LogP contribution in [-0.2, 0) is 32.2 Å². The molecule has 3 rings (SSSR count). The predicted octanol–water partition coefficient (Wildman–Crippen LogP) is 5.02. The van der Waals surface area contributed by atoms with Crippen LogP contribution < -0.4 is 0 Å². The molecule has 0 bridgehead atoms. The maximum Gasteiger partial charge on any atom is 0.182 e. The monoisotopic (exact) mass is 408 g/mol. The smallest absolute Gasteiger partial charge is 0.182 e. The Morgan fingerprint density at radius 2 is 1.48 bits per heavy atom. The lowest BCUT2D eigenvalue weighted by atomic mass is 10.1. The molecule has 2 aromatic carbocycles. The third kappa shape index (κ3) is 5.55. The zero-order valence-corrected chi connectivity index (χ0v) is 16.6. The fourth-order valence-electron chi connectivity index (χ4n) is 2.88. The Hall–Kier alpha value is -1.40. The van der Waals surface area contributed by atoms with E-state index in [9.17, 15) is 0 Å².